The molecular formula is C18H20N2O4. The minimum atomic E-state index is -1.000. The monoisotopic (exact) mass is 328 g/mol. The van der Waals surface area contributed by atoms with Gasteiger partial charge in [0.15, 0.2) is 0 Å². The van der Waals surface area contributed by atoms with E-state index in [0.29, 0.717) is 12.8 Å². The third-order valence-corrected chi connectivity index (χ3v) is 4.75. The standard InChI is InChI=1S/C18H20N2O4/c1-11(12-6-4-3-5-7-12)20-15(17(21)22)10-19-16(20)13-8-14(9-13)18(23)24-2/h3-7,10-11,13-14H,8-9H2,1-2H3,(H,21,22)/t11-,13?,14?/m1/s1. The smallest absolute Gasteiger partial charge is 0.354 e. The quantitative estimate of drug-likeness (QED) is 0.854. The molecule has 0 saturated heterocycles. The molecule has 1 atom stereocenters. The lowest BCUT2D eigenvalue weighted by atomic mass is 9.74. The molecule has 1 N–H and O–H groups in total. The number of ether oxygens (including phenoxy) is 1. The number of hydrogen-bond donors (Lipinski definition) is 1. The van der Waals surface area contributed by atoms with Gasteiger partial charge in [-0.25, -0.2) is 9.78 Å². The summed E-state index contributed by atoms with van der Waals surface area (Å²) in [5.41, 5.74) is 1.19. The molecule has 1 aliphatic carbocycles. The van der Waals surface area contributed by atoms with E-state index in [1.807, 2.05) is 37.3 Å². The Balaban J connectivity index is 1.92. The molecule has 1 heterocycles. The van der Waals surface area contributed by atoms with Crippen molar-refractivity contribution in [3.8, 4) is 0 Å². The molecular weight excluding hydrogens is 308 g/mol. The van der Waals surface area contributed by atoms with Gasteiger partial charge in [-0.2, -0.15) is 0 Å². The Bertz CT molecular complexity index is 748. The highest BCUT2D eigenvalue weighted by Gasteiger charge is 2.39. The van der Waals surface area contributed by atoms with Crippen LogP contribution in [0.3, 0.4) is 0 Å². The van der Waals surface area contributed by atoms with Crippen molar-refractivity contribution in [1.82, 2.24) is 9.55 Å². The highest BCUT2D eigenvalue weighted by Crippen LogP contribution is 2.43. The van der Waals surface area contributed by atoms with Crippen LogP contribution in [0, 0.1) is 5.92 Å². The SMILES string of the molecule is COC(=O)C1CC(c2ncc(C(=O)O)n2[C@H](C)c2ccccc2)C1. The molecule has 1 aromatic carbocycles. The van der Waals surface area contributed by atoms with Crippen molar-refractivity contribution in [1.29, 1.82) is 0 Å². The molecule has 6 nitrogen and oxygen atoms in total. The maximum atomic E-state index is 11.6. The maximum Gasteiger partial charge on any atom is 0.354 e. The van der Waals surface area contributed by atoms with E-state index in [-0.39, 0.29) is 29.5 Å². The third-order valence-electron chi connectivity index (χ3n) is 4.75. The number of carbonyl (C=O) groups is 2. The molecule has 0 aliphatic heterocycles. The van der Waals surface area contributed by atoms with Crippen LogP contribution >= 0.6 is 0 Å². The fourth-order valence-corrected chi connectivity index (χ4v) is 3.31. The first-order valence-electron chi connectivity index (χ1n) is 7.96. The summed E-state index contributed by atoms with van der Waals surface area (Å²) in [5.74, 6) is -0.526. The molecule has 24 heavy (non-hydrogen) atoms. The predicted octanol–water partition coefficient (Wildman–Crippen LogP) is 2.86. The topological polar surface area (TPSA) is 81.4 Å². The number of esters is 1. The van der Waals surface area contributed by atoms with Gasteiger partial charge in [-0.1, -0.05) is 30.3 Å². The molecule has 1 aromatic heterocycles. The van der Waals surface area contributed by atoms with Crippen molar-refractivity contribution in [3.63, 3.8) is 0 Å². The molecule has 0 amide bonds. The van der Waals surface area contributed by atoms with Gasteiger partial charge in [0, 0.05) is 5.92 Å². The zero-order chi connectivity index (χ0) is 17.3. The van der Waals surface area contributed by atoms with Gasteiger partial charge in [0.2, 0.25) is 0 Å². The van der Waals surface area contributed by atoms with Crippen LogP contribution in [0.15, 0.2) is 36.5 Å². The minimum absolute atomic E-state index is 0.0772. The van der Waals surface area contributed by atoms with Gasteiger partial charge in [0.05, 0.1) is 25.3 Å². The van der Waals surface area contributed by atoms with E-state index in [9.17, 15) is 14.7 Å². The Labute approximate surface area is 140 Å². The average Bonchev–Trinajstić information content (AvgIpc) is 2.98. The number of methoxy groups -OCH3 is 1. The Morgan fingerprint density at radius 3 is 2.54 bits per heavy atom. The molecule has 0 spiro atoms. The molecule has 2 aromatic rings. The number of hydrogen-bond acceptors (Lipinski definition) is 4. The lowest BCUT2D eigenvalue weighted by Gasteiger charge is -2.34. The van der Waals surface area contributed by atoms with Crippen LogP contribution in [0.4, 0.5) is 0 Å². The lowest BCUT2D eigenvalue weighted by molar-refractivity contribution is -0.149. The number of carbonyl (C=O) groups excluding carboxylic acids is 1. The first-order chi connectivity index (χ1) is 11.5. The predicted molar refractivity (Wildman–Crippen MR) is 86.9 cm³/mol. The van der Waals surface area contributed by atoms with E-state index >= 15 is 0 Å². The molecule has 1 fully saturated rings. The third kappa shape index (κ3) is 2.79. The minimum Gasteiger partial charge on any atom is -0.477 e. The van der Waals surface area contributed by atoms with Crippen molar-refractivity contribution >= 4 is 11.9 Å². The number of nitrogens with zero attached hydrogens (tertiary/aromatic N) is 2. The Morgan fingerprint density at radius 1 is 1.29 bits per heavy atom. The number of carboxylic acid groups (broad SMARTS) is 1. The van der Waals surface area contributed by atoms with Gasteiger partial charge in [-0.15, -0.1) is 0 Å². The summed E-state index contributed by atoms with van der Waals surface area (Å²) < 4.78 is 6.54. The number of imidazole rings is 1. The molecule has 0 radical (unpaired) electrons. The summed E-state index contributed by atoms with van der Waals surface area (Å²) in [7, 11) is 1.39. The number of rotatable bonds is 5. The van der Waals surface area contributed by atoms with E-state index in [1.54, 1.807) is 4.57 Å². The molecule has 1 aliphatic rings. The van der Waals surface area contributed by atoms with Crippen LogP contribution in [-0.4, -0.2) is 33.7 Å². The largest absolute Gasteiger partial charge is 0.477 e. The number of carboxylic acids is 1. The average molecular weight is 328 g/mol. The molecule has 0 bridgehead atoms. The molecule has 1 saturated carbocycles. The maximum absolute atomic E-state index is 11.6. The number of aromatic nitrogens is 2. The van der Waals surface area contributed by atoms with Gasteiger partial charge in [0.25, 0.3) is 0 Å². The van der Waals surface area contributed by atoms with E-state index in [1.165, 1.54) is 13.3 Å². The van der Waals surface area contributed by atoms with Gasteiger partial charge in [-0.05, 0) is 25.3 Å². The molecule has 126 valence electrons. The van der Waals surface area contributed by atoms with Gasteiger partial charge in [0.1, 0.15) is 11.5 Å². The summed E-state index contributed by atoms with van der Waals surface area (Å²) in [6, 6.07) is 9.58. The Kier molecular flexibility index (Phi) is 4.38. The van der Waals surface area contributed by atoms with E-state index in [2.05, 4.69) is 4.98 Å². The van der Waals surface area contributed by atoms with Gasteiger partial charge >= 0.3 is 11.9 Å². The second kappa shape index (κ2) is 6.47. The fourth-order valence-electron chi connectivity index (χ4n) is 3.31. The highest BCUT2D eigenvalue weighted by atomic mass is 16.5. The summed E-state index contributed by atoms with van der Waals surface area (Å²) >= 11 is 0. The lowest BCUT2D eigenvalue weighted by Crippen LogP contribution is -2.32. The van der Waals surface area contributed by atoms with Crippen molar-refractivity contribution in [2.24, 2.45) is 5.92 Å². The molecule has 6 heteroatoms. The van der Waals surface area contributed by atoms with Crippen LogP contribution in [0.2, 0.25) is 0 Å². The molecule has 0 unspecified atom stereocenters. The summed E-state index contributed by atoms with van der Waals surface area (Å²) in [5, 5.41) is 9.49. The van der Waals surface area contributed by atoms with Crippen LogP contribution in [0.5, 0.6) is 0 Å². The van der Waals surface area contributed by atoms with Crippen LogP contribution in [0.25, 0.3) is 0 Å². The van der Waals surface area contributed by atoms with Crippen LogP contribution in [-0.2, 0) is 9.53 Å². The van der Waals surface area contributed by atoms with Crippen LogP contribution < -0.4 is 0 Å². The normalized spacial score (nSPS) is 20.9. The van der Waals surface area contributed by atoms with Crippen molar-refractivity contribution in [3.05, 3.63) is 53.6 Å². The number of aromatic carboxylic acids is 1. The van der Waals surface area contributed by atoms with E-state index < -0.39 is 5.97 Å². The van der Waals surface area contributed by atoms with Crippen molar-refractivity contribution in [2.45, 2.75) is 31.7 Å². The number of benzene rings is 1. The highest BCUT2D eigenvalue weighted by molar-refractivity contribution is 5.85. The Morgan fingerprint density at radius 2 is 1.96 bits per heavy atom. The van der Waals surface area contributed by atoms with Crippen molar-refractivity contribution in [2.75, 3.05) is 7.11 Å². The second-order valence-electron chi connectivity index (χ2n) is 6.15. The Hall–Kier alpha value is -2.63. The van der Waals surface area contributed by atoms with Gasteiger partial charge in [-0.3, -0.25) is 4.79 Å². The summed E-state index contributed by atoms with van der Waals surface area (Å²) in [6.45, 7) is 1.96. The van der Waals surface area contributed by atoms with Crippen molar-refractivity contribution < 1.29 is 19.4 Å². The fraction of sp³-hybridized carbons (Fsp3) is 0.389. The van der Waals surface area contributed by atoms with E-state index in [4.69, 9.17) is 4.74 Å². The first kappa shape index (κ1) is 16.2. The summed E-state index contributed by atoms with van der Waals surface area (Å²) in [4.78, 5) is 27.5. The zero-order valence-electron chi connectivity index (χ0n) is 13.7. The van der Waals surface area contributed by atoms with E-state index in [0.717, 1.165) is 11.4 Å². The second-order valence-corrected chi connectivity index (χ2v) is 6.15. The first-order valence-corrected chi connectivity index (χ1v) is 7.96. The molecule has 3 rings (SSSR count). The zero-order valence-corrected chi connectivity index (χ0v) is 13.7. The van der Waals surface area contributed by atoms with Crippen LogP contribution in [0.1, 0.15) is 53.6 Å². The van der Waals surface area contributed by atoms with Gasteiger partial charge < -0.3 is 14.4 Å². The summed E-state index contributed by atoms with van der Waals surface area (Å²) in [6.07, 6.45) is 2.69.